The summed E-state index contributed by atoms with van der Waals surface area (Å²) in [6.45, 7) is 8.10. The van der Waals surface area contributed by atoms with Gasteiger partial charge in [0.25, 0.3) is 0 Å². The molecule has 0 aliphatic rings. The molecule has 1 atom stereocenters. The molecule has 0 aliphatic carbocycles. The maximum absolute atomic E-state index is 6.05. The van der Waals surface area contributed by atoms with Crippen LogP contribution in [-0.2, 0) is 5.54 Å². The Morgan fingerprint density at radius 2 is 1.86 bits per heavy atom. The number of rotatable bonds is 2. The summed E-state index contributed by atoms with van der Waals surface area (Å²) in [7, 11) is 0. The van der Waals surface area contributed by atoms with Gasteiger partial charge in [-0.3, -0.25) is 0 Å². The molecule has 1 aromatic rings. The lowest BCUT2D eigenvalue weighted by Gasteiger charge is -2.22. The van der Waals surface area contributed by atoms with Crippen LogP contribution in [0, 0.1) is 6.92 Å². The van der Waals surface area contributed by atoms with E-state index in [1.165, 1.54) is 11.1 Å². The van der Waals surface area contributed by atoms with Gasteiger partial charge >= 0.3 is 0 Å². The van der Waals surface area contributed by atoms with Crippen LogP contribution in [0.4, 0.5) is 0 Å². The number of benzene rings is 1. The Morgan fingerprint density at radius 3 is 2.21 bits per heavy atom. The molecule has 0 fully saturated rings. The molecule has 2 heteroatoms. The zero-order valence-corrected chi connectivity index (χ0v) is 9.46. The lowest BCUT2D eigenvalue weighted by molar-refractivity contribution is 0.550. The second kappa shape index (κ2) is 3.71. The van der Waals surface area contributed by atoms with Gasteiger partial charge in [-0.1, -0.05) is 18.2 Å². The van der Waals surface area contributed by atoms with E-state index in [4.69, 9.17) is 11.5 Å². The smallest absolute Gasteiger partial charge is 0.0355 e. The molecular weight excluding hydrogens is 172 g/mol. The molecule has 0 amide bonds. The molecule has 14 heavy (non-hydrogen) atoms. The molecule has 2 nitrogen and oxygen atoms in total. The van der Waals surface area contributed by atoms with Crippen molar-refractivity contribution in [3.05, 3.63) is 34.9 Å². The van der Waals surface area contributed by atoms with E-state index in [0.717, 1.165) is 5.56 Å². The van der Waals surface area contributed by atoms with Crippen molar-refractivity contribution >= 4 is 0 Å². The van der Waals surface area contributed by atoms with Crippen molar-refractivity contribution in [2.75, 3.05) is 0 Å². The average Bonchev–Trinajstić information content (AvgIpc) is 2.01. The van der Waals surface area contributed by atoms with Gasteiger partial charge < -0.3 is 11.5 Å². The predicted molar refractivity (Wildman–Crippen MR) is 61.0 cm³/mol. The summed E-state index contributed by atoms with van der Waals surface area (Å²) in [6, 6.07) is 6.34. The number of aryl methyl sites for hydroxylation is 1. The normalized spacial score (nSPS) is 14.1. The monoisotopic (exact) mass is 192 g/mol. The van der Waals surface area contributed by atoms with Crippen molar-refractivity contribution in [1.29, 1.82) is 0 Å². The third-order valence-electron chi connectivity index (χ3n) is 2.47. The molecule has 4 N–H and O–H groups in total. The van der Waals surface area contributed by atoms with Gasteiger partial charge in [-0.25, -0.2) is 0 Å². The van der Waals surface area contributed by atoms with Gasteiger partial charge in [-0.05, 0) is 44.4 Å². The maximum atomic E-state index is 6.05. The van der Waals surface area contributed by atoms with E-state index in [2.05, 4.69) is 25.1 Å². The summed E-state index contributed by atoms with van der Waals surface area (Å²) in [6.07, 6.45) is 0. The van der Waals surface area contributed by atoms with Crippen molar-refractivity contribution in [3.63, 3.8) is 0 Å². The Labute approximate surface area is 86.3 Å². The zero-order chi connectivity index (χ0) is 10.9. The molecule has 0 spiro atoms. The minimum Gasteiger partial charge on any atom is -0.324 e. The summed E-state index contributed by atoms with van der Waals surface area (Å²) in [4.78, 5) is 0. The molecule has 0 saturated heterocycles. The molecule has 0 heterocycles. The van der Waals surface area contributed by atoms with Crippen LogP contribution in [-0.4, -0.2) is 0 Å². The van der Waals surface area contributed by atoms with E-state index in [1.54, 1.807) is 0 Å². The van der Waals surface area contributed by atoms with Gasteiger partial charge in [0.2, 0.25) is 0 Å². The predicted octanol–water partition coefficient (Wildman–Crippen LogP) is 2.21. The van der Waals surface area contributed by atoms with Gasteiger partial charge in [0, 0.05) is 11.6 Å². The van der Waals surface area contributed by atoms with Crippen LogP contribution in [0.1, 0.15) is 43.5 Å². The first-order valence-corrected chi connectivity index (χ1v) is 4.98. The topological polar surface area (TPSA) is 52.0 Å². The minimum absolute atomic E-state index is 0.0867. The standard InChI is InChI=1S/C12H20N2/c1-8-7-10(9(2)13)5-6-11(8)12(3,4)14/h5-7,9H,13-14H2,1-4H3. The Morgan fingerprint density at radius 1 is 1.29 bits per heavy atom. The van der Waals surface area contributed by atoms with Gasteiger partial charge in [-0.2, -0.15) is 0 Å². The fourth-order valence-electron chi connectivity index (χ4n) is 1.69. The van der Waals surface area contributed by atoms with Gasteiger partial charge in [0.15, 0.2) is 0 Å². The molecule has 78 valence electrons. The van der Waals surface area contributed by atoms with E-state index in [1.807, 2.05) is 20.8 Å². The molecule has 0 aromatic heterocycles. The van der Waals surface area contributed by atoms with Gasteiger partial charge in [0.1, 0.15) is 0 Å². The Balaban J connectivity index is 3.15. The van der Waals surface area contributed by atoms with Crippen LogP contribution >= 0.6 is 0 Å². The Hall–Kier alpha value is -0.860. The first-order valence-electron chi connectivity index (χ1n) is 4.98. The van der Waals surface area contributed by atoms with E-state index < -0.39 is 0 Å². The van der Waals surface area contributed by atoms with Gasteiger partial charge in [0.05, 0.1) is 0 Å². The summed E-state index contributed by atoms with van der Waals surface area (Å²) in [5.74, 6) is 0. The van der Waals surface area contributed by atoms with Crippen molar-refractivity contribution in [2.24, 2.45) is 11.5 Å². The van der Waals surface area contributed by atoms with Crippen molar-refractivity contribution in [3.8, 4) is 0 Å². The van der Waals surface area contributed by atoms with E-state index in [-0.39, 0.29) is 11.6 Å². The second-order valence-electron chi connectivity index (χ2n) is 4.58. The highest BCUT2D eigenvalue weighted by atomic mass is 14.7. The third-order valence-corrected chi connectivity index (χ3v) is 2.47. The average molecular weight is 192 g/mol. The largest absolute Gasteiger partial charge is 0.324 e. The van der Waals surface area contributed by atoms with Crippen LogP contribution in [0.15, 0.2) is 18.2 Å². The SMILES string of the molecule is Cc1cc(C(C)N)ccc1C(C)(C)N. The highest BCUT2D eigenvalue weighted by molar-refractivity contribution is 5.36. The third kappa shape index (κ3) is 2.34. The van der Waals surface area contributed by atoms with E-state index in [0.29, 0.717) is 0 Å². The number of hydrogen-bond donors (Lipinski definition) is 2. The number of nitrogens with two attached hydrogens (primary N) is 2. The van der Waals surface area contributed by atoms with Gasteiger partial charge in [-0.15, -0.1) is 0 Å². The quantitative estimate of drug-likeness (QED) is 0.754. The molecule has 0 radical (unpaired) electrons. The van der Waals surface area contributed by atoms with E-state index in [9.17, 15) is 0 Å². The second-order valence-corrected chi connectivity index (χ2v) is 4.58. The molecule has 1 rings (SSSR count). The highest BCUT2D eigenvalue weighted by Crippen LogP contribution is 2.23. The van der Waals surface area contributed by atoms with E-state index >= 15 is 0 Å². The van der Waals surface area contributed by atoms with Crippen molar-refractivity contribution in [2.45, 2.75) is 39.3 Å². The zero-order valence-electron chi connectivity index (χ0n) is 9.46. The molecular formula is C12H20N2. The fraction of sp³-hybridized carbons (Fsp3) is 0.500. The molecule has 1 aromatic carbocycles. The summed E-state index contributed by atoms with van der Waals surface area (Å²) >= 11 is 0. The summed E-state index contributed by atoms with van der Waals surface area (Å²) in [5.41, 5.74) is 15.1. The van der Waals surface area contributed by atoms with Crippen LogP contribution < -0.4 is 11.5 Å². The summed E-state index contributed by atoms with van der Waals surface area (Å²) < 4.78 is 0. The molecule has 1 unspecified atom stereocenters. The highest BCUT2D eigenvalue weighted by Gasteiger charge is 2.16. The lowest BCUT2D eigenvalue weighted by Crippen LogP contribution is -2.29. The molecule has 0 saturated carbocycles. The van der Waals surface area contributed by atoms with Crippen LogP contribution in [0.3, 0.4) is 0 Å². The van der Waals surface area contributed by atoms with Crippen LogP contribution in [0.25, 0.3) is 0 Å². The van der Waals surface area contributed by atoms with Crippen molar-refractivity contribution in [1.82, 2.24) is 0 Å². The minimum atomic E-state index is -0.277. The van der Waals surface area contributed by atoms with Crippen molar-refractivity contribution < 1.29 is 0 Å². The Bertz CT molecular complexity index is 322. The first kappa shape index (κ1) is 11.2. The Kier molecular flexibility index (Phi) is 2.98. The molecule has 0 bridgehead atoms. The fourth-order valence-corrected chi connectivity index (χ4v) is 1.69. The lowest BCUT2D eigenvalue weighted by atomic mass is 9.89. The first-order chi connectivity index (χ1) is 6.32. The maximum Gasteiger partial charge on any atom is 0.0355 e. The number of hydrogen-bond acceptors (Lipinski definition) is 2. The molecule has 0 aliphatic heterocycles. The summed E-state index contributed by atoms with van der Waals surface area (Å²) in [5, 5.41) is 0. The van der Waals surface area contributed by atoms with Crippen LogP contribution in [0.5, 0.6) is 0 Å². The van der Waals surface area contributed by atoms with Crippen LogP contribution in [0.2, 0.25) is 0 Å².